The van der Waals surface area contributed by atoms with Gasteiger partial charge in [0, 0.05) is 38.6 Å². The first-order valence-corrected chi connectivity index (χ1v) is 21.0. The minimum Gasteiger partial charge on any atom is -0.465 e. The monoisotopic (exact) mass is 793 g/mol. The van der Waals surface area contributed by atoms with Gasteiger partial charge in [-0.15, -0.1) is 0 Å². The second kappa shape index (κ2) is 20.8. The number of hydrogen-bond acceptors (Lipinski definition) is 10. The van der Waals surface area contributed by atoms with Crippen LogP contribution in [0.2, 0.25) is 0 Å². The molecule has 55 heavy (non-hydrogen) atoms. The van der Waals surface area contributed by atoms with Gasteiger partial charge in [-0.2, -0.15) is 4.72 Å². The molecule has 3 N–H and O–H groups in total. The summed E-state index contributed by atoms with van der Waals surface area (Å²) in [6, 6.07) is 6.15. The van der Waals surface area contributed by atoms with Gasteiger partial charge in [-0.05, 0) is 124 Å². The maximum atomic E-state index is 13.6. The summed E-state index contributed by atoms with van der Waals surface area (Å²) in [5, 5.41) is 5.30. The highest BCUT2D eigenvalue weighted by atomic mass is 32.2. The lowest BCUT2D eigenvalue weighted by Gasteiger charge is -2.34. The highest BCUT2D eigenvalue weighted by molar-refractivity contribution is 7.89. The molecule has 1 aromatic carbocycles. The average molecular weight is 794 g/mol. The van der Waals surface area contributed by atoms with Crippen LogP contribution in [0.3, 0.4) is 0 Å². The van der Waals surface area contributed by atoms with Crippen molar-refractivity contribution in [3.8, 4) is 0 Å². The van der Waals surface area contributed by atoms with Crippen molar-refractivity contribution < 1.29 is 46.6 Å². The summed E-state index contributed by atoms with van der Waals surface area (Å²) in [7, 11) is -4.09. The molecule has 4 amide bonds. The molecule has 0 saturated carbocycles. The Morgan fingerprint density at radius 1 is 0.764 bits per heavy atom. The van der Waals surface area contributed by atoms with E-state index in [-0.39, 0.29) is 48.6 Å². The fraction of sp³-hybridized carbons (Fsp3) is 0.718. The number of nitrogens with zero attached hydrogens (tertiary/aromatic N) is 2. The first-order chi connectivity index (χ1) is 25.8. The molecule has 0 radical (unpaired) electrons. The number of sulfonamides is 1. The van der Waals surface area contributed by atoms with Gasteiger partial charge >= 0.3 is 18.2 Å². The van der Waals surface area contributed by atoms with E-state index in [1.54, 1.807) is 34.9 Å². The van der Waals surface area contributed by atoms with Gasteiger partial charge in [0.1, 0.15) is 17.2 Å². The molecular weight excluding hydrogens is 731 g/mol. The molecule has 310 valence electrons. The summed E-state index contributed by atoms with van der Waals surface area (Å²) in [4.78, 5) is 67.7. The molecule has 16 heteroatoms. The zero-order valence-corrected chi connectivity index (χ0v) is 34.5. The number of carbonyl (C=O) groups is 5. The number of piperidine rings is 2. The zero-order chi connectivity index (χ0) is 40.8. The van der Waals surface area contributed by atoms with Crippen LogP contribution < -0.4 is 15.4 Å². The van der Waals surface area contributed by atoms with Gasteiger partial charge in [-0.3, -0.25) is 14.4 Å². The number of rotatable bonds is 16. The van der Waals surface area contributed by atoms with Gasteiger partial charge in [0.15, 0.2) is 0 Å². The largest absolute Gasteiger partial charge is 0.465 e. The summed E-state index contributed by atoms with van der Waals surface area (Å²) in [6.07, 6.45) is 5.34. The van der Waals surface area contributed by atoms with E-state index in [1.165, 1.54) is 12.1 Å². The minimum atomic E-state index is -4.09. The standard InChI is InChI=1S/C39H63N5O10S/c1-8-52-35(47)32(42-55(50,51)31-12-10-9-11-13-31)26-40-33(45)27-41-34(46)30(16-14-28-18-22-43(23-19-28)36(48)53-38(2,3)4)17-15-29-20-24-44(25-21-29)37(49)54-39(5,6)7/h9-13,28-30,32,42H,8,14-27H2,1-7H3,(H,40,45)(H,41,46)/t32-/m0/s1. The molecule has 3 rings (SSSR count). The predicted octanol–water partition coefficient (Wildman–Crippen LogP) is 4.60. The fourth-order valence-corrected chi connectivity index (χ4v) is 7.81. The van der Waals surface area contributed by atoms with Crippen LogP contribution in [-0.2, 0) is 38.6 Å². The Bertz CT molecular complexity index is 1480. The van der Waals surface area contributed by atoms with Crippen molar-refractivity contribution >= 4 is 40.0 Å². The van der Waals surface area contributed by atoms with Crippen molar-refractivity contribution in [3.05, 3.63) is 30.3 Å². The molecule has 0 aliphatic carbocycles. The third-order valence-corrected chi connectivity index (χ3v) is 11.1. The lowest BCUT2D eigenvalue weighted by Crippen LogP contribution is -2.50. The summed E-state index contributed by atoms with van der Waals surface area (Å²) < 4.78 is 44.2. The number of esters is 1. The summed E-state index contributed by atoms with van der Waals surface area (Å²) in [6.45, 7) is 14.2. The first-order valence-electron chi connectivity index (χ1n) is 19.5. The Hall–Kier alpha value is -3.92. The van der Waals surface area contributed by atoms with Crippen molar-refractivity contribution in [1.29, 1.82) is 0 Å². The van der Waals surface area contributed by atoms with Crippen molar-refractivity contribution in [1.82, 2.24) is 25.2 Å². The summed E-state index contributed by atoms with van der Waals surface area (Å²) in [5.74, 6) is -1.42. The first kappa shape index (κ1) is 45.5. The van der Waals surface area contributed by atoms with Crippen molar-refractivity contribution in [2.45, 2.75) is 122 Å². The van der Waals surface area contributed by atoms with Crippen LogP contribution in [0.4, 0.5) is 9.59 Å². The Balaban J connectivity index is 1.57. The Morgan fingerprint density at radius 3 is 1.67 bits per heavy atom. The third kappa shape index (κ3) is 16.4. The molecule has 0 bridgehead atoms. The lowest BCUT2D eigenvalue weighted by molar-refractivity contribution is -0.145. The average Bonchev–Trinajstić information content (AvgIpc) is 3.11. The molecule has 0 aromatic heterocycles. The van der Waals surface area contributed by atoms with E-state index in [9.17, 15) is 32.4 Å². The fourth-order valence-electron chi connectivity index (χ4n) is 6.60. The summed E-state index contributed by atoms with van der Waals surface area (Å²) in [5.41, 5.74) is -1.14. The molecular formula is C39H63N5O10S. The van der Waals surface area contributed by atoms with E-state index >= 15 is 0 Å². The molecule has 15 nitrogen and oxygen atoms in total. The van der Waals surface area contributed by atoms with Crippen LogP contribution in [0.5, 0.6) is 0 Å². The topological polar surface area (TPSA) is 190 Å². The maximum absolute atomic E-state index is 13.6. The van der Waals surface area contributed by atoms with Crippen LogP contribution in [0.25, 0.3) is 0 Å². The van der Waals surface area contributed by atoms with Crippen LogP contribution in [0.1, 0.15) is 99.8 Å². The number of amides is 4. The molecule has 0 unspecified atom stereocenters. The quantitative estimate of drug-likeness (QED) is 0.158. The van der Waals surface area contributed by atoms with Gasteiger partial charge < -0.3 is 34.6 Å². The van der Waals surface area contributed by atoms with E-state index in [2.05, 4.69) is 15.4 Å². The second-order valence-corrected chi connectivity index (χ2v) is 18.1. The number of nitrogens with one attached hydrogen (secondary N) is 3. The van der Waals surface area contributed by atoms with Gasteiger partial charge in [0.2, 0.25) is 21.8 Å². The number of carbonyl (C=O) groups excluding carboxylic acids is 5. The van der Waals surface area contributed by atoms with E-state index in [4.69, 9.17) is 14.2 Å². The SMILES string of the molecule is CCOC(=O)[C@H](CNC(=O)CNC(=O)C(CCC1CCN(C(=O)OC(C)(C)C)CC1)CCC1CCN(C(=O)OC(C)(C)C)CC1)NS(=O)(=O)c1ccccc1. The molecule has 1 atom stereocenters. The van der Waals surface area contributed by atoms with Crippen LogP contribution in [0, 0.1) is 17.8 Å². The molecule has 1 aromatic rings. The molecule has 2 saturated heterocycles. The van der Waals surface area contributed by atoms with Crippen LogP contribution in [0.15, 0.2) is 35.2 Å². The number of likely N-dealkylation sites (tertiary alicyclic amines) is 2. The number of hydrogen-bond donors (Lipinski definition) is 3. The van der Waals surface area contributed by atoms with E-state index < -0.39 is 39.1 Å². The van der Waals surface area contributed by atoms with E-state index in [0.717, 1.165) is 38.5 Å². The van der Waals surface area contributed by atoms with Gasteiger partial charge in [-0.1, -0.05) is 18.2 Å². The summed E-state index contributed by atoms with van der Waals surface area (Å²) >= 11 is 0. The predicted molar refractivity (Wildman–Crippen MR) is 206 cm³/mol. The normalized spacial score (nSPS) is 16.7. The van der Waals surface area contributed by atoms with Crippen molar-refractivity contribution in [3.63, 3.8) is 0 Å². The zero-order valence-electron chi connectivity index (χ0n) is 33.7. The highest BCUT2D eigenvalue weighted by Crippen LogP contribution is 2.30. The number of ether oxygens (including phenoxy) is 3. The number of benzene rings is 1. The van der Waals surface area contributed by atoms with Crippen LogP contribution >= 0.6 is 0 Å². The smallest absolute Gasteiger partial charge is 0.410 e. The minimum absolute atomic E-state index is 0.0134. The van der Waals surface area contributed by atoms with Gasteiger partial charge in [-0.25, -0.2) is 18.0 Å². The van der Waals surface area contributed by atoms with E-state index in [0.29, 0.717) is 50.9 Å². The lowest BCUT2D eigenvalue weighted by atomic mass is 9.84. The molecule has 0 spiro atoms. The molecule has 2 fully saturated rings. The maximum Gasteiger partial charge on any atom is 0.410 e. The Morgan fingerprint density at radius 2 is 1.24 bits per heavy atom. The Kier molecular flexibility index (Phi) is 17.2. The van der Waals surface area contributed by atoms with Gasteiger partial charge in [0.05, 0.1) is 18.0 Å². The third-order valence-electron chi connectivity index (χ3n) is 9.60. The molecule has 2 aliphatic rings. The van der Waals surface area contributed by atoms with Crippen LogP contribution in [-0.4, -0.2) is 111 Å². The van der Waals surface area contributed by atoms with Gasteiger partial charge in [0.25, 0.3) is 0 Å². The van der Waals surface area contributed by atoms with Crippen molar-refractivity contribution in [2.24, 2.45) is 17.8 Å². The molecule has 2 heterocycles. The highest BCUT2D eigenvalue weighted by Gasteiger charge is 2.31. The second-order valence-electron chi connectivity index (χ2n) is 16.4. The Labute approximate surface area is 327 Å². The molecule has 2 aliphatic heterocycles. The van der Waals surface area contributed by atoms with E-state index in [1.807, 2.05) is 41.5 Å². The van der Waals surface area contributed by atoms with Crippen molar-refractivity contribution in [2.75, 3.05) is 45.9 Å².